The molecule has 0 atom stereocenters. The lowest BCUT2D eigenvalue weighted by Gasteiger charge is -2.40. The highest BCUT2D eigenvalue weighted by Gasteiger charge is 2.30. The Balaban J connectivity index is 1.22. The molecule has 1 aromatic rings. The second kappa shape index (κ2) is 7.23. The fourth-order valence-electron chi connectivity index (χ4n) is 4.12. The first kappa shape index (κ1) is 16.1. The van der Waals surface area contributed by atoms with E-state index in [0.717, 1.165) is 31.7 Å². The van der Waals surface area contributed by atoms with Crippen LogP contribution in [0.15, 0.2) is 12.4 Å². The van der Waals surface area contributed by atoms with Crippen LogP contribution in [0.3, 0.4) is 0 Å². The molecule has 24 heavy (non-hydrogen) atoms. The summed E-state index contributed by atoms with van der Waals surface area (Å²) in [5.41, 5.74) is 0.973. The molecular formula is C18H29N5O. The highest BCUT2D eigenvalue weighted by Crippen LogP contribution is 2.25. The average Bonchev–Trinajstić information content (AvgIpc) is 3.09. The standard InChI is InChI=1S/C18H29N5O/c24-18-6-5-9-22(18)16-12-19-23(15-16)17-13-21(14-17)11-10-20-7-3-1-2-4-8-20/h12,15,17H,1-11,13-14H2. The third kappa shape index (κ3) is 3.49. The van der Waals surface area contributed by atoms with Gasteiger partial charge in [0.2, 0.25) is 5.91 Å². The third-order valence-corrected chi connectivity index (χ3v) is 5.72. The van der Waals surface area contributed by atoms with Gasteiger partial charge in [-0.05, 0) is 32.4 Å². The fraction of sp³-hybridized carbons (Fsp3) is 0.778. The lowest BCUT2D eigenvalue weighted by molar-refractivity contribution is -0.117. The molecule has 6 nitrogen and oxygen atoms in total. The van der Waals surface area contributed by atoms with Gasteiger partial charge in [-0.15, -0.1) is 0 Å². The number of hydrogen-bond acceptors (Lipinski definition) is 4. The van der Waals surface area contributed by atoms with Crippen LogP contribution in [0.25, 0.3) is 0 Å². The van der Waals surface area contributed by atoms with Crippen molar-refractivity contribution in [2.75, 3.05) is 50.7 Å². The van der Waals surface area contributed by atoms with E-state index in [1.807, 2.05) is 11.1 Å². The van der Waals surface area contributed by atoms with Gasteiger partial charge in [0.1, 0.15) is 0 Å². The van der Waals surface area contributed by atoms with Crippen molar-refractivity contribution in [3.05, 3.63) is 12.4 Å². The van der Waals surface area contributed by atoms with Crippen molar-refractivity contribution in [1.29, 1.82) is 0 Å². The van der Waals surface area contributed by atoms with Gasteiger partial charge in [-0.25, -0.2) is 0 Å². The molecule has 3 aliphatic rings. The highest BCUT2D eigenvalue weighted by molar-refractivity contribution is 5.95. The average molecular weight is 331 g/mol. The van der Waals surface area contributed by atoms with Gasteiger partial charge >= 0.3 is 0 Å². The zero-order valence-electron chi connectivity index (χ0n) is 14.6. The molecule has 132 valence electrons. The number of aromatic nitrogens is 2. The van der Waals surface area contributed by atoms with Crippen molar-refractivity contribution in [1.82, 2.24) is 19.6 Å². The summed E-state index contributed by atoms with van der Waals surface area (Å²) in [4.78, 5) is 18.9. The number of anilines is 1. The summed E-state index contributed by atoms with van der Waals surface area (Å²) < 4.78 is 2.06. The molecule has 3 aliphatic heterocycles. The number of hydrogen-bond donors (Lipinski definition) is 0. The van der Waals surface area contributed by atoms with E-state index in [1.165, 1.54) is 51.9 Å². The number of carbonyl (C=O) groups excluding carboxylic acids is 1. The van der Waals surface area contributed by atoms with Crippen molar-refractivity contribution in [3.8, 4) is 0 Å². The van der Waals surface area contributed by atoms with Gasteiger partial charge in [0.15, 0.2) is 0 Å². The molecule has 4 heterocycles. The molecule has 0 radical (unpaired) electrons. The monoisotopic (exact) mass is 331 g/mol. The van der Waals surface area contributed by atoms with Crippen LogP contribution in [0.4, 0.5) is 5.69 Å². The van der Waals surface area contributed by atoms with Crippen LogP contribution in [0.2, 0.25) is 0 Å². The lowest BCUT2D eigenvalue weighted by atomic mass is 10.1. The van der Waals surface area contributed by atoms with Gasteiger partial charge in [0, 0.05) is 45.3 Å². The molecule has 0 spiro atoms. The van der Waals surface area contributed by atoms with E-state index < -0.39 is 0 Å². The Hall–Kier alpha value is -1.40. The minimum absolute atomic E-state index is 0.238. The van der Waals surface area contributed by atoms with Gasteiger partial charge in [-0.1, -0.05) is 12.8 Å². The molecule has 0 N–H and O–H groups in total. The van der Waals surface area contributed by atoms with E-state index >= 15 is 0 Å². The van der Waals surface area contributed by atoms with Crippen molar-refractivity contribution in [2.24, 2.45) is 0 Å². The molecule has 3 saturated heterocycles. The van der Waals surface area contributed by atoms with E-state index in [0.29, 0.717) is 12.5 Å². The molecule has 0 bridgehead atoms. The van der Waals surface area contributed by atoms with Crippen molar-refractivity contribution >= 4 is 11.6 Å². The SMILES string of the molecule is O=C1CCCN1c1cnn(C2CN(CCN3CCCCCC3)C2)c1. The van der Waals surface area contributed by atoms with E-state index in [9.17, 15) is 4.79 Å². The summed E-state index contributed by atoms with van der Waals surface area (Å²) in [6, 6.07) is 0.473. The molecule has 3 fully saturated rings. The van der Waals surface area contributed by atoms with Gasteiger partial charge in [0.25, 0.3) is 0 Å². The normalized spacial score (nSPS) is 24.3. The first-order valence-corrected chi connectivity index (χ1v) is 9.59. The number of nitrogens with zero attached hydrogens (tertiary/aromatic N) is 5. The molecule has 6 heteroatoms. The van der Waals surface area contributed by atoms with Crippen molar-refractivity contribution in [2.45, 2.75) is 44.6 Å². The predicted octanol–water partition coefficient (Wildman–Crippen LogP) is 1.74. The van der Waals surface area contributed by atoms with Crippen molar-refractivity contribution < 1.29 is 4.79 Å². The maximum absolute atomic E-state index is 11.8. The first-order chi connectivity index (χ1) is 11.8. The van der Waals surface area contributed by atoms with Gasteiger partial charge < -0.3 is 9.80 Å². The number of rotatable bonds is 5. The van der Waals surface area contributed by atoms with Gasteiger partial charge in [-0.3, -0.25) is 14.4 Å². The van der Waals surface area contributed by atoms with Crippen LogP contribution in [0.5, 0.6) is 0 Å². The summed E-state index contributed by atoms with van der Waals surface area (Å²) in [6.45, 7) is 7.96. The number of likely N-dealkylation sites (tertiary alicyclic amines) is 2. The summed E-state index contributed by atoms with van der Waals surface area (Å²) in [7, 11) is 0. The molecule has 0 saturated carbocycles. The number of carbonyl (C=O) groups is 1. The summed E-state index contributed by atoms with van der Waals surface area (Å²) in [5.74, 6) is 0.238. The molecule has 1 aromatic heterocycles. The molecule has 0 aromatic carbocycles. The molecule has 1 amide bonds. The number of amides is 1. The second-order valence-corrected chi connectivity index (χ2v) is 7.50. The quantitative estimate of drug-likeness (QED) is 0.824. The topological polar surface area (TPSA) is 44.6 Å². The third-order valence-electron chi connectivity index (χ3n) is 5.72. The zero-order valence-corrected chi connectivity index (χ0v) is 14.6. The van der Waals surface area contributed by atoms with Crippen LogP contribution in [-0.2, 0) is 4.79 Å². The Kier molecular flexibility index (Phi) is 4.85. The molecule has 0 aliphatic carbocycles. The van der Waals surface area contributed by atoms with Crippen LogP contribution in [-0.4, -0.2) is 71.3 Å². The fourth-order valence-corrected chi connectivity index (χ4v) is 4.12. The van der Waals surface area contributed by atoms with Crippen molar-refractivity contribution in [3.63, 3.8) is 0 Å². The van der Waals surface area contributed by atoms with Crippen LogP contribution >= 0.6 is 0 Å². The smallest absolute Gasteiger partial charge is 0.227 e. The summed E-state index contributed by atoms with van der Waals surface area (Å²) >= 11 is 0. The predicted molar refractivity (Wildman–Crippen MR) is 94.2 cm³/mol. The minimum atomic E-state index is 0.238. The molecule has 4 rings (SSSR count). The minimum Gasteiger partial charge on any atom is -0.309 e. The maximum atomic E-state index is 11.8. The molecular weight excluding hydrogens is 302 g/mol. The Morgan fingerprint density at radius 1 is 0.958 bits per heavy atom. The Bertz CT molecular complexity index is 558. The molecule has 0 unspecified atom stereocenters. The van der Waals surface area contributed by atoms with Crippen LogP contribution in [0.1, 0.15) is 44.6 Å². The van der Waals surface area contributed by atoms with E-state index in [2.05, 4.69) is 25.8 Å². The largest absolute Gasteiger partial charge is 0.309 e. The van der Waals surface area contributed by atoms with E-state index in [-0.39, 0.29) is 5.91 Å². The second-order valence-electron chi connectivity index (χ2n) is 7.50. The highest BCUT2D eigenvalue weighted by atomic mass is 16.2. The van der Waals surface area contributed by atoms with E-state index in [4.69, 9.17) is 0 Å². The Morgan fingerprint density at radius 2 is 1.71 bits per heavy atom. The van der Waals surface area contributed by atoms with Gasteiger partial charge in [-0.2, -0.15) is 5.10 Å². The lowest BCUT2D eigenvalue weighted by Crippen LogP contribution is -2.50. The zero-order chi connectivity index (χ0) is 16.4. The first-order valence-electron chi connectivity index (χ1n) is 9.59. The van der Waals surface area contributed by atoms with Gasteiger partial charge in [0.05, 0.1) is 17.9 Å². The van der Waals surface area contributed by atoms with Crippen LogP contribution in [0, 0.1) is 0 Å². The maximum Gasteiger partial charge on any atom is 0.227 e. The Morgan fingerprint density at radius 3 is 2.42 bits per heavy atom. The van der Waals surface area contributed by atoms with E-state index in [1.54, 1.807) is 0 Å². The summed E-state index contributed by atoms with van der Waals surface area (Å²) in [6.07, 6.45) is 11.1. The van der Waals surface area contributed by atoms with Crippen LogP contribution < -0.4 is 4.90 Å². The summed E-state index contributed by atoms with van der Waals surface area (Å²) in [5, 5.41) is 4.50. The Labute approximate surface area is 144 Å².